The maximum atomic E-state index is 13.3. The number of likely N-dealkylation sites (tertiary alicyclic amines) is 1. The Balaban J connectivity index is 1.41. The molecule has 4 rings (SSSR count). The average molecular weight is 402 g/mol. The number of carbonyl (C=O) groups is 2. The number of amides is 1. The van der Waals surface area contributed by atoms with Crippen LogP contribution in [0.3, 0.4) is 0 Å². The highest BCUT2D eigenvalue weighted by molar-refractivity contribution is 6.05. The molecule has 0 aromatic heterocycles. The van der Waals surface area contributed by atoms with E-state index in [-0.39, 0.29) is 18.0 Å². The van der Waals surface area contributed by atoms with Crippen LogP contribution in [-0.2, 0) is 15.9 Å². The zero-order valence-electron chi connectivity index (χ0n) is 17.7. The standard InChI is InChI=1S/C23H31NO5/c1-22(2,3)29-21(26)24-10-8-23(9-11-24)15-16-4-5-18(14-19(16)20(23)25)28-17-6-12-27-13-7-17/h4-5,14,17H,6-13,15H2,1-3H3. The van der Waals surface area contributed by atoms with Crippen molar-refractivity contribution in [3.8, 4) is 5.75 Å². The van der Waals surface area contributed by atoms with Crippen molar-refractivity contribution in [1.29, 1.82) is 0 Å². The van der Waals surface area contributed by atoms with Crippen molar-refractivity contribution in [2.24, 2.45) is 5.41 Å². The molecule has 2 fully saturated rings. The Morgan fingerprint density at radius 2 is 1.86 bits per heavy atom. The van der Waals surface area contributed by atoms with Gasteiger partial charge in [-0.1, -0.05) is 6.07 Å². The minimum absolute atomic E-state index is 0.157. The van der Waals surface area contributed by atoms with Gasteiger partial charge in [-0.3, -0.25) is 4.79 Å². The molecule has 0 atom stereocenters. The lowest BCUT2D eigenvalue weighted by Gasteiger charge is -2.38. The number of benzene rings is 1. The first kappa shape index (κ1) is 20.2. The summed E-state index contributed by atoms with van der Waals surface area (Å²) in [4.78, 5) is 27.4. The Hall–Kier alpha value is -2.08. The monoisotopic (exact) mass is 401 g/mol. The van der Waals surface area contributed by atoms with Gasteiger partial charge in [0.15, 0.2) is 5.78 Å². The number of fused-ring (bicyclic) bond motifs is 1. The summed E-state index contributed by atoms with van der Waals surface area (Å²) in [5, 5.41) is 0. The van der Waals surface area contributed by atoms with Crippen LogP contribution in [0.2, 0.25) is 0 Å². The zero-order valence-corrected chi connectivity index (χ0v) is 17.7. The Labute approximate surface area is 172 Å². The third-order valence-electron chi connectivity index (χ3n) is 6.18. The highest BCUT2D eigenvalue weighted by Crippen LogP contribution is 2.45. The van der Waals surface area contributed by atoms with Crippen LogP contribution < -0.4 is 4.74 Å². The Morgan fingerprint density at radius 1 is 1.17 bits per heavy atom. The van der Waals surface area contributed by atoms with Gasteiger partial charge in [-0.05, 0) is 57.7 Å². The van der Waals surface area contributed by atoms with E-state index in [1.165, 1.54) is 0 Å². The van der Waals surface area contributed by atoms with Crippen molar-refractivity contribution >= 4 is 11.9 Å². The van der Waals surface area contributed by atoms with Crippen LogP contribution in [0, 0.1) is 5.41 Å². The molecule has 6 nitrogen and oxygen atoms in total. The molecule has 0 bridgehead atoms. The first-order valence-electron chi connectivity index (χ1n) is 10.7. The first-order valence-corrected chi connectivity index (χ1v) is 10.7. The third-order valence-corrected chi connectivity index (χ3v) is 6.18. The van der Waals surface area contributed by atoms with Crippen LogP contribution in [-0.4, -0.2) is 54.8 Å². The first-order chi connectivity index (χ1) is 13.8. The van der Waals surface area contributed by atoms with Crippen LogP contribution in [0.4, 0.5) is 4.79 Å². The molecule has 0 saturated carbocycles. The SMILES string of the molecule is CC(C)(C)OC(=O)N1CCC2(CC1)Cc1ccc(OC3CCOCC3)cc1C2=O. The van der Waals surface area contributed by atoms with Gasteiger partial charge >= 0.3 is 6.09 Å². The summed E-state index contributed by atoms with van der Waals surface area (Å²) >= 11 is 0. The fourth-order valence-corrected chi connectivity index (χ4v) is 4.56. The fraction of sp³-hybridized carbons (Fsp3) is 0.652. The van der Waals surface area contributed by atoms with Crippen molar-refractivity contribution in [3.63, 3.8) is 0 Å². The number of Topliss-reactive ketones (excluding diaryl/α,β-unsaturated/α-hetero) is 1. The lowest BCUT2D eigenvalue weighted by Crippen LogP contribution is -2.47. The quantitative estimate of drug-likeness (QED) is 0.749. The number of hydrogen-bond acceptors (Lipinski definition) is 5. The van der Waals surface area contributed by atoms with Crippen LogP contribution in [0.1, 0.15) is 62.4 Å². The lowest BCUT2D eigenvalue weighted by atomic mass is 9.75. The summed E-state index contributed by atoms with van der Waals surface area (Å²) < 4.78 is 17.0. The summed E-state index contributed by atoms with van der Waals surface area (Å²) in [6.45, 7) is 8.17. The number of ketones is 1. The molecule has 1 aliphatic carbocycles. The average Bonchev–Trinajstić information content (AvgIpc) is 2.93. The van der Waals surface area contributed by atoms with Gasteiger partial charge in [0.05, 0.1) is 13.2 Å². The smallest absolute Gasteiger partial charge is 0.410 e. The summed E-state index contributed by atoms with van der Waals surface area (Å²) in [5.74, 6) is 0.973. The van der Waals surface area contributed by atoms with Gasteiger partial charge in [0, 0.05) is 36.9 Å². The van der Waals surface area contributed by atoms with Crippen molar-refractivity contribution in [3.05, 3.63) is 29.3 Å². The second kappa shape index (κ2) is 7.63. The molecule has 0 radical (unpaired) electrons. The minimum Gasteiger partial charge on any atom is -0.490 e. The van der Waals surface area contributed by atoms with E-state index in [9.17, 15) is 9.59 Å². The highest BCUT2D eigenvalue weighted by atomic mass is 16.6. The van der Waals surface area contributed by atoms with Crippen molar-refractivity contribution < 1.29 is 23.8 Å². The number of piperidine rings is 1. The minimum atomic E-state index is -0.507. The second-order valence-electron chi connectivity index (χ2n) is 9.50. The molecule has 2 saturated heterocycles. The van der Waals surface area contributed by atoms with Gasteiger partial charge in [-0.15, -0.1) is 0 Å². The Kier molecular flexibility index (Phi) is 5.32. The van der Waals surface area contributed by atoms with Crippen molar-refractivity contribution in [1.82, 2.24) is 4.90 Å². The topological polar surface area (TPSA) is 65.1 Å². The summed E-state index contributed by atoms with van der Waals surface area (Å²) in [5.41, 5.74) is 0.991. The molecule has 1 aromatic carbocycles. The van der Waals surface area contributed by atoms with E-state index >= 15 is 0 Å². The molecule has 158 valence electrons. The van der Waals surface area contributed by atoms with Gasteiger partial charge < -0.3 is 19.1 Å². The fourth-order valence-electron chi connectivity index (χ4n) is 4.56. The van der Waals surface area contributed by atoms with Crippen LogP contribution in [0.15, 0.2) is 18.2 Å². The summed E-state index contributed by atoms with van der Waals surface area (Å²) in [7, 11) is 0. The molecule has 6 heteroatoms. The normalized spacial score (nSPS) is 21.9. The molecule has 3 aliphatic rings. The van der Waals surface area contributed by atoms with E-state index in [2.05, 4.69) is 0 Å². The highest BCUT2D eigenvalue weighted by Gasteiger charge is 2.48. The molecule has 2 heterocycles. The largest absolute Gasteiger partial charge is 0.490 e. The van der Waals surface area contributed by atoms with Gasteiger partial charge in [0.25, 0.3) is 0 Å². The third kappa shape index (κ3) is 4.27. The number of ether oxygens (including phenoxy) is 3. The molecule has 1 amide bonds. The number of carbonyl (C=O) groups excluding carboxylic acids is 2. The molecule has 0 N–H and O–H groups in total. The van der Waals surface area contributed by atoms with Gasteiger partial charge in [-0.2, -0.15) is 0 Å². The molecule has 1 aromatic rings. The lowest BCUT2D eigenvalue weighted by molar-refractivity contribution is 0.0114. The van der Waals surface area contributed by atoms with Crippen LogP contribution in [0.25, 0.3) is 0 Å². The molecule has 29 heavy (non-hydrogen) atoms. The van der Waals surface area contributed by atoms with Crippen molar-refractivity contribution in [2.45, 2.75) is 64.6 Å². The number of hydrogen-bond donors (Lipinski definition) is 0. The maximum absolute atomic E-state index is 13.3. The van der Waals surface area contributed by atoms with Gasteiger partial charge in [0.2, 0.25) is 0 Å². The molecular formula is C23H31NO5. The van der Waals surface area contributed by atoms with Crippen LogP contribution >= 0.6 is 0 Å². The zero-order chi connectivity index (χ0) is 20.6. The van der Waals surface area contributed by atoms with E-state index in [0.29, 0.717) is 25.9 Å². The predicted octanol–water partition coefficient (Wildman–Crippen LogP) is 4.00. The van der Waals surface area contributed by atoms with Crippen molar-refractivity contribution in [2.75, 3.05) is 26.3 Å². The molecule has 2 aliphatic heterocycles. The number of rotatable bonds is 2. The van der Waals surface area contributed by atoms with Gasteiger partial charge in [-0.25, -0.2) is 4.79 Å². The number of nitrogens with zero attached hydrogens (tertiary/aromatic N) is 1. The van der Waals surface area contributed by atoms with E-state index < -0.39 is 11.0 Å². The Bertz CT molecular complexity index is 783. The second-order valence-corrected chi connectivity index (χ2v) is 9.50. The van der Waals surface area contributed by atoms with Gasteiger partial charge in [0.1, 0.15) is 17.5 Å². The van der Waals surface area contributed by atoms with E-state index in [1.807, 2.05) is 39.0 Å². The molecular weight excluding hydrogens is 370 g/mol. The summed E-state index contributed by atoms with van der Waals surface area (Å²) in [6.07, 6.45) is 3.74. The predicted molar refractivity (Wildman–Crippen MR) is 108 cm³/mol. The maximum Gasteiger partial charge on any atom is 0.410 e. The Morgan fingerprint density at radius 3 is 2.52 bits per heavy atom. The molecule has 0 unspecified atom stereocenters. The van der Waals surface area contributed by atoms with Crippen LogP contribution in [0.5, 0.6) is 5.75 Å². The van der Waals surface area contributed by atoms with E-state index in [0.717, 1.165) is 49.4 Å². The summed E-state index contributed by atoms with van der Waals surface area (Å²) in [6, 6.07) is 5.94. The van der Waals surface area contributed by atoms with E-state index in [4.69, 9.17) is 14.2 Å². The molecule has 1 spiro atoms. The van der Waals surface area contributed by atoms with E-state index in [1.54, 1.807) is 4.90 Å².